The summed E-state index contributed by atoms with van der Waals surface area (Å²) in [4.78, 5) is 0. The number of fused-ring (bicyclic) bond motifs is 1. The summed E-state index contributed by atoms with van der Waals surface area (Å²) < 4.78 is 6.33. The molecule has 0 heterocycles. The molecule has 0 radical (unpaired) electrons. The molecule has 2 N–H and O–H groups in total. The summed E-state index contributed by atoms with van der Waals surface area (Å²) in [6.45, 7) is 6.53. The topological polar surface area (TPSA) is 49.7 Å². The molecule has 3 nitrogen and oxygen atoms in total. The van der Waals surface area contributed by atoms with Crippen molar-refractivity contribution in [1.29, 1.82) is 0 Å². The van der Waals surface area contributed by atoms with Crippen molar-refractivity contribution in [3.8, 4) is 5.75 Å². The first kappa shape index (κ1) is 16.1. The van der Waals surface area contributed by atoms with Gasteiger partial charge in [-0.3, -0.25) is 0 Å². The quantitative estimate of drug-likeness (QED) is 0.807. The van der Waals surface area contributed by atoms with E-state index in [0.29, 0.717) is 11.2 Å². The van der Waals surface area contributed by atoms with Gasteiger partial charge in [-0.2, -0.15) is 0 Å². The summed E-state index contributed by atoms with van der Waals surface area (Å²) >= 11 is 0. The van der Waals surface area contributed by atoms with Crippen molar-refractivity contribution in [1.82, 2.24) is 0 Å². The van der Waals surface area contributed by atoms with E-state index in [4.69, 9.17) is 4.43 Å². The Hall–Kier alpha value is -1.30. The second kappa shape index (κ2) is 6.64. The van der Waals surface area contributed by atoms with Crippen molar-refractivity contribution >= 4 is 31.7 Å². The average Bonchev–Trinajstić information content (AvgIpc) is 2.45. The predicted molar refractivity (Wildman–Crippen MR) is 91.6 cm³/mol. The van der Waals surface area contributed by atoms with Gasteiger partial charge < -0.3 is 14.5 Å². The van der Waals surface area contributed by atoms with Gasteiger partial charge in [0.25, 0.3) is 0 Å². The highest BCUT2D eigenvalue weighted by Gasteiger charge is 2.28. The highest BCUT2D eigenvalue weighted by atomic mass is 28.4. The molecule has 0 atom stereocenters. The molecule has 5 heteroatoms. The van der Waals surface area contributed by atoms with Crippen LogP contribution in [0.4, 0.5) is 0 Å². The molecule has 0 amide bonds. The summed E-state index contributed by atoms with van der Waals surface area (Å²) in [5.74, 6) is 0.635. The zero-order valence-corrected chi connectivity index (χ0v) is 14.0. The van der Waals surface area contributed by atoms with Crippen LogP contribution in [0.15, 0.2) is 36.4 Å². The SMILES string of the molecule is CCCC[Si](C)(C)Oc1c(B(O)O)ccc2ccccc12. The van der Waals surface area contributed by atoms with Gasteiger partial charge in [-0.25, -0.2) is 0 Å². The van der Waals surface area contributed by atoms with Crippen molar-refractivity contribution in [2.75, 3.05) is 0 Å². The third-order valence-corrected chi connectivity index (χ3v) is 6.01. The normalized spacial score (nSPS) is 11.7. The van der Waals surface area contributed by atoms with Crippen LogP contribution in [0.2, 0.25) is 19.1 Å². The maximum atomic E-state index is 9.63. The van der Waals surface area contributed by atoms with Crippen LogP contribution in [0.25, 0.3) is 10.8 Å². The number of hydrogen-bond donors (Lipinski definition) is 2. The second-order valence-electron chi connectivity index (χ2n) is 6.04. The molecular weight excluding hydrogens is 279 g/mol. The Morgan fingerprint density at radius 3 is 2.48 bits per heavy atom. The highest BCUT2D eigenvalue weighted by Crippen LogP contribution is 2.28. The Kier molecular flexibility index (Phi) is 5.09. The van der Waals surface area contributed by atoms with Gasteiger partial charge in [0.2, 0.25) is 8.32 Å². The van der Waals surface area contributed by atoms with Crippen molar-refractivity contribution in [2.24, 2.45) is 0 Å². The minimum Gasteiger partial charge on any atom is -0.544 e. The van der Waals surface area contributed by atoms with Crippen LogP contribution in [0.3, 0.4) is 0 Å². The Bertz CT molecular complexity index is 613. The van der Waals surface area contributed by atoms with E-state index in [2.05, 4.69) is 20.0 Å². The number of unbranched alkanes of at least 4 members (excludes halogenated alkanes) is 1. The second-order valence-corrected chi connectivity index (χ2v) is 10.3. The Morgan fingerprint density at radius 1 is 1.10 bits per heavy atom. The van der Waals surface area contributed by atoms with Crippen LogP contribution >= 0.6 is 0 Å². The number of benzene rings is 2. The summed E-state index contributed by atoms with van der Waals surface area (Å²) in [5.41, 5.74) is 0.450. The molecule has 0 spiro atoms. The van der Waals surface area contributed by atoms with Crippen LogP contribution in [-0.4, -0.2) is 25.5 Å². The van der Waals surface area contributed by atoms with Crippen LogP contribution in [0.1, 0.15) is 19.8 Å². The van der Waals surface area contributed by atoms with E-state index >= 15 is 0 Å². The van der Waals surface area contributed by atoms with E-state index in [1.165, 1.54) is 0 Å². The lowest BCUT2D eigenvalue weighted by Crippen LogP contribution is -2.39. The molecule has 0 aromatic heterocycles. The molecule has 0 fully saturated rings. The molecule has 0 aliphatic heterocycles. The minimum absolute atomic E-state index is 0.450. The van der Waals surface area contributed by atoms with Gasteiger partial charge in [0, 0.05) is 10.8 Å². The summed E-state index contributed by atoms with van der Waals surface area (Å²) in [7, 11) is -3.40. The van der Waals surface area contributed by atoms with Gasteiger partial charge in [0.05, 0.1) is 0 Å². The van der Waals surface area contributed by atoms with E-state index in [9.17, 15) is 10.0 Å². The van der Waals surface area contributed by atoms with E-state index in [0.717, 1.165) is 29.7 Å². The first-order valence-corrected chi connectivity index (χ1v) is 10.6. The fraction of sp³-hybridized carbons (Fsp3) is 0.375. The molecule has 112 valence electrons. The van der Waals surface area contributed by atoms with Crippen molar-refractivity contribution in [3.05, 3.63) is 36.4 Å². The van der Waals surface area contributed by atoms with E-state index < -0.39 is 15.4 Å². The number of rotatable bonds is 6. The first-order chi connectivity index (χ1) is 9.94. The molecule has 0 bridgehead atoms. The lowest BCUT2D eigenvalue weighted by molar-refractivity contribution is 0.423. The average molecular weight is 302 g/mol. The lowest BCUT2D eigenvalue weighted by atomic mass is 9.78. The molecule has 21 heavy (non-hydrogen) atoms. The highest BCUT2D eigenvalue weighted by molar-refractivity contribution is 6.72. The van der Waals surface area contributed by atoms with Crippen molar-refractivity contribution in [3.63, 3.8) is 0 Å². The van der Waals surface area contributed by atoms with Crippen LogP contribution in [0, 0.1) is 0 Å². The standard InChI is InChI=1S/C16H23BO3Si/c1-4-5-12-21(2,3)20-16-14-9-7-6-8-13(14)10-11-15(16)17(18)19/h6-11,18-19H,4-5,12H2,1-3H3. The van der Waals surface area contributed by atoms with Gasteiger partial charge in [-0.05, 0) is 24.5 Å². The summed E-state index contributed by atoms with van der Waals surface area (Å²) in [5, 5.41) is 21.3. The van der Waals surface area contributed by atoms with E-state index in [-0.39, 0.29) is 0 Å². The fourth-order valence-electron chi connectivity index (χ4n) is 2.51. The van der Waals surface area contributed by atoms with Gasteiger partial charge in [-0.1, -0.05) is 56.2 Å². The van der Waals surface area contributed by atoms with Crippen LogP contribution in [-0.2, 0) is 0 Å². The molecule has 0 aliphatic carbocycles. The summed E-state index contributed by atoms with van der Waals surface area (Å²) in [6, 6.07) is 12.6. The lowest BCUT2D eigenvalue weighted by Gasteiger charge is -2.27. The maximum Gasteiger partial charge on any atom is 0.492 e. The molecule has 0 saturated heterocycles. The summed E-state index contributed by atoms with van der Waals surface area (Å²) in [6.07, 6.45) is 2.28. The third kappa shape index (κ3) is 3.87. The zero-order valence-electron chi connectivity index (χ0n) is 13.0. The monoisotopic (exact) mass is 302 g/mol. The molecular formula is C16H23BO3Si. The van der Waals surface area contributed by atoms with E-state index in [1.807, 2.05) is 30.3 Å². The maximum absolute atomic E-state index is 9.63. The smallest absolute Gasteiger partial charge is 0.492 e. The van der Waals surface area contributed by atoms with Crippen LogP contribution < -0.4 is 9.89 Å². The Morgan fingerprint density at radius 2 is 1.81 bits per heavy atom. The molecule has 0 saturated carbocycles. The molecule has 2 aromatic carbocycles. The van der Waals surface area contributed by atoms with Gasteiger partial charge in [-0.15, -0.1) is 0 Å². The molecule has 2 rings (SSSR count). The third-order valence-electron chi connectivity index (χ3n) is 3.70. The molecule has 0 unspecified atom stereocenters. The molecule has 0 aliphatic rings. The van der Waals surface area contributed by atoms with Gasteiger partial charge >= 0.3 is 7.12 Å². The Balaban J connectivity index is 2.46. The Labute approximate surface area is 127 Å². The van der Waals surface area contributed by atoms with Crippen molar-refractivity contribution < 1.29 is 14.5 Å². The van der Waals surface area contributed by atoms with E-state index in [1.54, 1.807) is 6.07 Å². The van der Waals surface area contributed by atoms with Gasteiger partial charge in [0.1, 0.15) is 5.75 Å². The molecule has 2 aromatic rings. The number of hydrogen-bond acceptors (Lipinski definition) is 3. The zero-order chi connectivity index (χ0) is 15.5. The fourth-order valence-corrected chi connectivity index (χ4v) is 4.59. The largest absolute Gasteiger partial charge is 0.544 e. The first-order valence-electron chi connectivity index (χ1n) is 7.51. The minimum atomic E-state index is -1.88. The van der Waals surface area contributed by atoms with Gasteiger partial charge in [0.15, 0.2) is 0 Å². The van der Waals surface area contributed by atoms with Crippen LogP contribution in [0.5, 0.6) is 5.75 Å². The predicted octanol–water partition coefficient (Wildman–Crippen LogP) is 2.90. The van der Waals surface area contributed by atoms with Crippen molar-refractivity contribution in [2.45, 2.75) is 38.9 Å².